The molecule has 26 heavy (non-hydrogen) atoms. The third-order valence-corrected chi connectivity index (χ3v) is 5.48. The molecule has 0 spiro atoms. The molecule has 1 fully saturated rings. The van der Waals surface area contributed by atoms with Crippen LogP contribution in [0.1, 0.15) is 35.7 Å². The summed E-state index contributed by atoms with van der Waals surface area (Å²) in [5.74, 6) is 1.01. The first-order chi connectivity index (χ1) is 12.7. The lowest BCUT2D eigenvalue weighted by atomic mass is 9.98. The van der Waals surface area contributed by atoms with E-state index in [1.807, 2.05) is 24.3 Å². The summed E-state index contributed by atoms with van der Waals surface area (Å²) in [5.41, 5.74) is 3.76. The minimum atomic E-state index is 0.364. The molecule has 1 atom stereocenters. The normalized spacial score (nSPS) is 21.8. The van der Waals surface area contributed by atoms with Gasteiger partial charge < -0.3 is 14.0 Å². The number of nitrogens with zero attached hydrogens (tertiary/aromatic N) is 5. The van der Waals surface area contributed by atoms with Crippen molar-refractivity contribution in [3.63, 3.8) is 0 Å². The van der Waals surface area contributed by atoms with E-state index < -0.39 is 0 Å². The summed E-state index contributed by atoms with van der Waals surface area (Å²) in [5, 5.41) is 4.29. The van der Waals surface area contributed by atoms with Crippen molar-refractivity contribution < 1.29 is 9.47 Å². The van der Waals surface area contributed by atoms with Crippen LogP contribution in [0, 0.1) is 5.92 Å². The van der Waals surface area contributed by atoms with Crippen LogP contribution in [-0.2, 0) is 36.7 Å². The quantitative estimate of drug-likeness (QED) is 0.786. The van der Waals surface area contributed by atoms with Gasteiger partial charge in [-0.3, -0.25) is 9.58 Å². The maximum atomic E-state index is 6.16. The van der Waals surface area contributed by atoms with Crippen LogP contribution in [0.3, 0.4) is 0 Å². The Kier molecular flexibility index (Phi) is 5.38. The summed E-state index contributed by atoms with van der Waals surface area (Å²) in [6.45, 7) is 6.14. The molecular weight excluding hydrogens is 330 g/mol. The minimum Gasteiger partial charge on any atom is -0.381 e. The fourth-order valence-electron chi connectivity index (χ4n) is 4.16. The second-order valence-electron chi connectivity index (χ2n) is 7.67. The second kappa shape index (κ2) is 7.90. The molecule has 4 heterocycles. The van der Waals surface area contributed by atoms with Crippen molar-refractivity contribution in [1.29, 1.82) is 0 Å². The molecule has 142 valence electrons. The Balaban J connectivity index is 1.39. The van der Waals surface area contributed by atoms with Gasteiger partial charge >= 0.3 is 0 Å². The smallest absolute Gasteiger partial charge is 0.0949 e. The van der Waals surface area contributed by atoms with Crippen molar-refractivity contribution >= 4 is 0 Å². The van der Waals surface area contributed by atoms with Crippen molar-refractivity contribution in [2.45, 2.75) is 31.8 Å². The van der Waals surface area contributed by atoms with Crippen LogP contribution in [0.4, 0.5) is 0 Å². The summed E-state index contributed by atoms with van der Waals surface area (Å²) in [4.78, 5) is 7.08. The Morgan fingerprint density at radius 2 is 2.08 bits per heavy atom. The Bertz CT molecular complexity index is 719. The fourth-order valence-corrected chi connectivity index (χ4v) is 4.16. The van der Waals surface area contributed by atoms with Crippen LogP contribution < -0.4 is 0 Å². The molecule has 2 aliphatic rings. The average molecular weight is 359 g/mol. The zero-order valence-corrected chi connectivity index (χ0v) is 15.8. The molecule has 0 saturated carbocycles. The molecule has 0 N–H and O–H groups in total. The van der Waals surface area contributed by atoms with Gasteiger partial charge in [-0.25, -0.2) is 4.98 Å². The predicted molar refractivity (Wildman–Crippen MR) is 97.6 cm³/mol. The maximum Gasteiger partial charge on any atom is 0.0949 e. The molecule has 2 aromatic rings. The van der Waals surface area contributed by atoms with Gasteiger partial charge in [0.25, 0.3) is 0 Å². The predicted octanol–water partition coefficient (Wildman–Crippen LogP) is 1.70. The van der Waals surface area contributed by atoms with Gasteiger partial charge in [0.1, 0.15) is 0 Å². The number of hydrogen-bond donors (Lipinski definition) is 0. The number of hydrogen-bond acceptors (Lipinski definition) is 5. The first kappa shape index (κ1) is 17.7. The zero-order chi connectivity index (χ0) is 17.9. The molecule has 7 heteroatoms. The highest BCUT2D eigenvalue weighted by Crippen LogP contribution is 2.29. The largest absolute Gasteiger partial charge is 0.381 e. The van der Waals surface area contributed by atoms with Crippen molar-refractivity contribution in [1.82, 2.24) is 24.2 Å². The monoisotopic (exact) mass is 359 g/mol. The molecule has 2 aromatic heterocycles. The molecule has 0 amide bonds. The Labute approximate surface area is 154 Å². The fraction of sp³-hybridized carbons (Fsp3) is 0.684. The standard InChI is InChI=1S/C19H29N5O2/c1-22-14-20-18-11-24(9-16-7-21-23(2)8-16)10-17(19(18)22)13-26-12-15-3-5-25-6-4-15/h7-8,14-15,17H,3-6,9-13H2,1-2H3/t17-/m1/s1. The van der Waals surface area contributed by atoms with Crippen molar-refractivity contribution in [2.24, 2.45) is 20.0 Å². The number of rotatable bonds is 6. The number of aromatic nitrogens is 4. The molecule has 0 unspecified atom stereocenters. The van der Waals surface area contributed by atoms with Gasteiger partial charge in [0, 0.05) is 76.9 Å². The van der Waals surface area contributed by atoms with E-state index in [0.29, 0.717) is 11.8 Å². The molecule has 0 bridgehead atoms. The average Bonchev–Trinajstić information content (AvgIpc) is 3.22. The zero-order valence-electron chi connectivity index (χ0n) is 15.8. The van der Waals surface area contributed by atoms with Crippen molar-refractivity contribution in [3.05, 3.63) is 35.7 Å². The number of imidazole rings is 1. The SMILES string of the molecule is Cn1cc(CN2Cc3ncn(C)c3[C@@H](COCC3CCOCC3)C2)cn1. The van der Waals surface area contributed by atoms with Gasteiger partial charge in [-0.2, -0.15) is 5.10 Å². The van der Waals surface area contributed by atoms with E-state index in [-0.39, 0.29) is 0 Å². The first-order valence-electron chi connectivity index (χ1n) is 9.54. The van der Waals surface area contributed by atoms with Crippen LogP contribution in [0.15, 0.2) is 18.7 Å². The summed E-state index contributed by atoms with van der Waals surface area (Å²) < 4.78 is 15.6. The van der Waals surface area contributed by atoms with Crippen LogP contribution in [-0.4, -0.2) is 57.2 Å². The third-order valence-electron chi connectivity index (χ3n) is 5.48. The summed E-state index contributed by atoms with van der Waals surface area (Å²) in [7, 11) is 4.05. The lowest BCUT2D eigenvalue weighted by molar-refractivity contribution is 0.0127. The molecule has 2 aliphatic heterocycles. The van der Waals surface area contributed by atoms with E-state index in [2.05, 4.69) is 32.8 Å². The van der Waals surface area contributed by atoms with Crippen LogP contribution >= 0.6 is 0 Å². The minimum absolute atomic E-state index is 0.364. The van der Waals surface area contributed by atoms with E-state index in [9.17, 15) is 0 Å². The Morgan fingerprint density at radius 1 is 1.23 bits per heavy atom. The van der Waals surface area contributed by atoms with Crippen LogP contribution in [0.2, 0.25) is 0 Å². The van der Waals surface area contributed by atoms with Gasteiger partial charge in [-0.15, -0.1) is 0 Å². The highest BCUT2D eigenvalue weighted by molar-refractivity contribution is 5.22. The van der Waals surface area contributed by atoms with Gasteiger partial charge in [0.15, 0.2) is 0 Å². The lowest BCUT2D eigenvalue weighted by Crippen LogP contribution is -2.36. The molecule has 7 nitrogen and oxygen atoms in total. The molecule has 0 radical (unpaired) electrons. The van der Waals surface area contributed by atoms with Crippen molar-refractivity contribution in [3.8, 4) is 0 Å². The van der Waals surface area contributed by atoms with Crippen LogP contribution in [0.5, 0.6) is 0 Å². The van der Waals surface area contributed by atoms with E-state index in [1.165, 1.54) is 17.0 Å². The molecule has 1 saturated heterocycles. The molecular formula is C19H29N5O2. The second-order valence-corrected chi connectivity index (χ2v) is 7.67. The van der Waals surface area contributed by atoms with Gasteiger partial charge in [-0.1, -0.05) is 0 Å². The van der Waals surface area contributed by atoms with Crippen molar-refractivity contribution in [2.75, 3.05) is 33.0 Å². The number of fused-ring (bicyclic) bond motifs is 1. The van der Waals surface area contributed by atoms with E-state index in [0.717, 1.165) is 58.9 Å². The molecule has 0 aliphatic carbocycles. The van der Waals surface area contributed by atoms with Gasteiger partial charge in [0.05, 0.1) is 24.8 Å². The van der Waals surface area contributed by atoms with E-state index in [4.69, 9.17) is 9.47 Å². The van der Waals surface area contributed by atoms with E-state index in [1.54, 1.807) is 0 Å². The Hall–Kier alpha value is -1.70. The van der Waals surface area contributed by atoms with Gasteiger partial charge in [-0.05, 0) is 18.8 Å². The van der Waals surface area contributed by atoms with Gasteiger partial charge in [0.2, 0.25) is 0 Å². The van der Waals surface area contributed by atoms with Crippen LogP contribution in [0.25, 0.3) is 0 Å². The Morgan fingerprint density at radius 3 is 2.85 bits per heavy atom. The topological polar surface area (TPSA) is 57.3 Å². The maximum absolute atomic E-state index is 6.16. The molecule has 4 rings (SSSR count). The lowest BCUT2D eigenvalue weighted by Gasteiger charge is -2.33. The number of aryl methyl sites for hydroxylation is 2. The highest BCUT2D eigenvalue weighted by Gasteiger charge is 2.29. The third kappa shape index (κ3) is 4.00. The summed E-state index contributed by atoms with van der Waals surface area (Å²) in [6.07, 6.45) is 8.21. The van der Waals surface area contributed by atoms with E-state index >= 15 is 0 Å². The summed E-state index contributed by atoms with van der Waals surface area (Å²) in [6, 6.07) is 0. The molecule has 0 aromatic carbocycles. The number of ether oxygens (including phenoxy) is 2. The highest BCUT2D eigenvalue weighted by atomic mass is 16.5. The summed E-state index contributed by atoms with van der Waals surface area (Å²) >= 11 is 0. The first-order valence-corrected chi connectivity index (χ1v) is 9.54.